The minimum Gasteiger partial charge on any atom is -0.494 e. The average Bonchev–Trinajstić information content (AvgIpc) is 3.11. The van der Waals surface area contributed by atoms with E-state index < -0.39 is 11.9 Å². The van der Waals surface area contributed by atoms with Crippen LogP contribution in [0.3, 0.4) is 0 Å². The first kappa shape index (κ1) is 21.7. The molecule has 0 saturated heterocycles. The molecule has 6 nitrogen and oxygen atoms in total. The summed E-state index contributed by atoms with van der Waals surface area (Å²) in [5.41, 5.74) is 1.08. The summed E-state index contributed by atoms with van der Waals surface area (Å²) in [7, 11) is 0. The number of carbonyl (C=O) groups is 1. The zero-order valence-electron chi connectivity index (χ0n) is 17.5. The summed E-state index contributed by atoms with van der Waals surface area (Å²) in [5.74, 6) is 0.598. The van der Waals surface area contributed by atoms with Gasteiger partial charge in [-0.15, -0.1) is 0 Å². The number of hydrogen-bond acceptors (Lipinski definition) is 5. The van der Waals surface area contributed by atoms with Gasteiger partial charge in [0, 0.05) is 10.7 Å². The molecule has 0 bridgehead atoms. The molecule has 0 spiro atoms. The van der Waals surface area contributed by atoms with Crippen LogP contribution in [0.4, 0.5) is 5.82 Å². The highest BCUT2D eigenvalue weighted by Crippen LogP contribution is 2.41. The lowest BCUT2D eigenvalue weighted by Crippen LogP contribution is -2.30. The van der Waals surface area contributed by atoms with Crippen molar-refractivity contribution in [1.82, 2.24) is 4.98 Å². The number of halogens is 2. The van der Waals surface area contributed by atoms with Crippen LogP contribution in [0, 0.1) is 0 Å². The maximum atomic E-state index is 13.7. The van der Waals surface area contributed by atoms with Gasteiger partial charge in [-0.1, -0.05) is 46.6 Å². The van der Waals surface area contributed by atoms with E-state index in [2.05, 4.69) is 20.9 Å². The molecule has 166 valence electrons. The summed E-state index contributed by atoms with van der Waals surface area (Å²) in [6.45, 7) is 2.59. The number of fused-ring (bicyclic) bond motifs is 2. The number of carbonyl (C=O) groups excluding carboxylic acids is 1. The largest absolute Gasteiger partial charge is 0.494 e. The van der Waals surface area contributed by atoms with E-state index in [0.717, 1.165) is 10.9 Å². The van der Waals surface area contributed by atoms with Gasteiger partial charge in [-0.25, -0.2) is 4.98 Å². The lowest BCUT2D eigenvalue weighted by Gasteiger charge is -2.24. The fourth-order valence-corrected chi connectivity index (χ4v) is 4.47. The molecule has 0 saturated carbocycles. The first-order chi connectivity index (χ1) is 16.0. The quantitative estimate of drug-likeness (QED) is 0.313. The van der Waals surface area contributed by atoms with Crippen molar-refractivity contribution in [3.63, 3.8) is 0 Å². The normalized spacial score (nSPS) is 15.2. The Labute approximate surface area is 202 Å². The Hall–Kier alpha value is -3.16. The third kappa shape index (κ3) is 3.81. The van der Waals surface area contributed by atoms with Crippen LogP contribution in [-0.4, -0.2) is 17.5 Å². The van der Waals surface area contributed by atoms with Crippen LogP contribution < -0.4 is 15.1 Å². The van der Waals surface area contributed by atoms with E-state index in [1.807, 2.05) is 31.2 Å². The molecule has 2 aromatic carbocycles. The third-order valence-corrected chi connectivity index (χ3v) is 6.15. The number of aromatic nitrogens is 1. The number of nitrogens with zero attached hydrogens (tertiary/aromatic N) is 2. The molecule has 1 aliphatic rings. The smallest absolute Gasteiger partial charge is 0.296 e. The summed E-state index contributed by atoms with van der Waals surface area (Å²) >= 11 is 9.43. The van der Waals surface area contributed by atoms with Crippen molar-refractivity contribution in [2.75, 3.05) is 11.5 Å². The Morgan fingerprint density at radius 1 is 1.15 bits per heavy atom. The Bertz CT molecular complexity index is 1440. The van der Waals surface area contributed by atoms with Crippen molar-refractivity contribution < 1.29 is 13.9 Å². The first-order valence-corrected chi connectivity index (χ1v) is 11.6. The molecule has 3 heterocycles. The monoisotopic (exact) mass is 524 g/mol. The molecule has 0 aliphatic carbocycles. The predicted octanol–water partition coefficient (Wildman–Crippen LogP) is 6.14. The van der Waals surface area contributed by atoms with Gasteiger partial charge >= 0.3 is 0 Å². The molecular formula is C25H18BrClN2O4. The first-order valence-electron chi connectivity index (χ1n) is 10.4. The number of benzene rings is 2. The molecule has 4 aromatic rings. The van der Waals surface area contributed by atoms with Crippen molar-refractivity contribution in [2.24, 2.45) is 0 Å². The highest BCUT2D eigenvalue weighted by atomic mass is 79.9. The Morgan fingerprint density at radius 3 is 2.76 bits per heavy atom. The van der Waals surface area contributed by atoms with Gasteiger partial charge < -0.3 is 9.15 Å². The van der Waals surface area contributed by atoms with Crippen LogP contribution in [0.5, 0.6) is 5.75 Å². The second-order valence-electron chi connectivity index (χ2n) is 7.65. The molecule has 1 unspecified atom stereocenters. The SMILES string of the molecule is CCCOc1cccc(C2c3c(oc4ccc(Br)cc4c3=O)C(=O)N2c2ccc(Cl)cn2)c1. The molecule has 0 fully saturated rings. The molecule has 1 aliphatic heterocycles. The number of pyridine rings is 1. The van der Waals surface area contributed by atoms with Crippen LogP contribution in [0.15, 0.2) is 74.5 Å². The molecule has 0 radical (unpaired) electrons. The third-order valence-electron chi connectivity index (χ3n) is 5.44. The van der Waals surface area contributed by atoms with Gasteiger partial charge in [0.1, 0.15) is 17.2 Å². The van der Waals surface area contributed by atoms with Crippen molar-refractivity contribution in [3.8, 4) is 5.75 Å². The molecule has 33 heavy (non-hydrogen) atoms. The van der Waals surface area contributed by atoms with Gasteiger partial charge in [-0.2, -0.15) is 0 Å². The maximum Gasteiger partial charge on any atom is 0.296 e. The number of rotatable bonds is 5. The molecule has 1 amide bonds. The van der Waals surface area contributed by atoms with Gasteiger partial charge in [-0.05, 0) is 54.4 Å². The molecular weight excluding hydrogens is 508 g/mol. The van der Waals surface area contributed by atoms with Crippen LogP contribution in [0.2, 0.25) is 5.02 Å². The fraction of sp³-hybridized carbons (Fsp3) is 0.160. The number of hydrogen-bond donors (Lipinski definition) is 0. The number of amides is 1. The van der Waals surface area contributed by atoms with E-state index >= 15 is 0 Å². The Morgan fingerprint density at radius 2 is 2.00 bits per heavy atom. The molecule has 0 N–H and O–H groups in total. The Balaban J connectivity index is 1.76. The molecule has 1 atom stereocenters. The maximum absolute atomic E-state index is 13.7. The highest BCUT2D eigenvalue weighted by molar-refractivity contribution is 9.10. The van der Waals surface area contributed by atoms with Crippen molar-refractivity contribution in [1.29, 1.82) is 0 Å². The van der Waals surface area contributed by atoms with Crippen LogP contribution in [0.25, 0.3) is 11.0 Å². The predicted molar refractivity (Wildman–Crippen MR) is 130 cm³/mol. The second kappa shape index (κ2) is 8.65. The average molecular weight is 526 g/mol. The van der Waals surface area contributed by atoms with E-state index in [4.69, 9.17) is 20.8 Å². The topological polar surface area (TPSA) is 72.6 Å². The van der Waals surface area contributed by atoms with E-state index in [1.54, 1.807) is 30.3 Å². The minimum absolute atomic E-state index is 0.0106. The summed E-state index contributed by atoms with van der Waals surface area (Å²) < 4.78 is 12.5. The summed E-state index contributed by atoms with van der Waals surface area (Å²) in [4.78, 5) is 33.0. The standard InChI is InChI=1S/C25H18BrClN2O4/c1-2-10-32-17-5-3-4-14(11-17)22-21-23(30)18-12-15(26)6-8-19(18)33-24(21)25(31)29(22)20-9-7-16(27)13-28-20/h3-9,11-13,22H,2,10H2,1H3. The molecule has 2 aromatic heterocycles. The van der Waals surface area contributed by atoms with E-state index in [0.29, 0.717) is 39.7 Å². The fourth-order valence-electron chi connectivity index (χ4n) is 4.00. The van der Waals surface area contributed by atoms with Crippen LogP contribution >= 0.6 is 27.5 Å². The van der Waals surface area contributed by atoms with Crippen LogP contribution in [-0.2, 0) is 0 Å². The van der Waals surface area contributed by atoms with Crippen molar-refractivity contribution >= 4 is 50.2 Å². The molecule has 5 rings (SSSR count). The van der Waals surface area contributed by atoms with Crippen LogP contribution in [0.1, 0.15) is 41.1 Å². The van der Waals surface area contributed by atoms with Gasteiger partial charge in [0.05, 0.1) is 28.6 Å². The molecule has 8 heteroatoms. The van der Waals surface area contributed by atoms with Crippen molar-refractivity contribution in [2.45, 2.75) is 19.4 Å². The Kier molecular flexibility index (Phi) is 5.68. The van der Waals surface area contributed by atoms with Gasteiger partial charge in [0.25, 0.3) is 5.91 Å². The lowest BCUT2D eigenvalue weighted by molar-refractivity contribution is 0.0970. The lowest BCUT2D eigenvalue weighted by atomic mass is 9.98. The number of ether oxygens (including phenoxy) is 1. The zero-order valence-corrected chi connectivity index (χ0v) is 19.9. The zero-order chi connectivity index (χ0) is 23.1. The van der Waals surface area contributed by atoms with Gasteiger partial charge in [0.2, 0.25) is 5.76 Å². The highest BCUT2D eigenvalue weighted by Gasteiger charge is 2.44. The van der Waals surface area contributed by atoms with Gasteiger partial charge in [0.15, 0.2) is 5.43 Å². The van der Waals surface area contributed by atoms with Crippen molar-refractivity contribution in [3.05, 3.63) is 97.4 Å². The van der Waals surface area contributed by atoms with Gasteiger partial charge in [-0.3, -0.25) is 14.5 Å². The number of anilines is 1. The van der Waals surface area contributed by atoms with E-state index in [1.165, 1.54) is 11.1 Å². The van der Waals surface area contributed by atoms with E-state index in [-0.39, 0.29) is 16.8 Å². The van der Waals surface area contributed by atoms with E-state index in [9.17, 15) is 9.59 Å². The summed E-state index contributed by atoms with van der Waals surface area (Å²) in [5, 5.41) is 0.837. The second-order valence-corrected chi connectivity index (χ2v) is 9.00. The minimum atomic E-state index is -0.731. The summed E-state index contributed by atoms with van der Waals surface area (Å²) in [6.07, 6.45) is 2.33. The summed E-state index contributed by atoms with van der Waals surface area (Å²) in [6, 6.07) is 15.1.